The van der Waals surface area contributed by atoms with E-state index in [0.717, 1.165) is 53.7 Å². The first kappa shape index (κ1) is 25.6. The van der Waals surface area contributed by atoms with E-state index in [1.165, 1.54) is 6.07 Å². The number of aromatic nitrogens is 1. The molecule has 0 bridgehead atoms. The van der Waals surface area contributed by atoms with Crippen molar-refractivity contribution in [3.63, 3.8) is 0 Å². The van der Waals surface area contributed by atoms with E-state index in [2.05, 4.69) is 4.98 Å². The van der Waals surface area contributed by atoms with Gasteiger partial charge < -0.3 is 19.7 Å². The van der Waals surface area contributed by atoms with Gasteiger partial charge in [-0.3, -0.25) is 4.79 Å². The van der Waals surface area contributed by atoms with Crippen LogP contribution in [0, 0.1) is 18.2 Å². The highest BCUT2D eigenvalue weighted by Gasteiger charge is 2.51. The number of pyridine rings is 1. The lowest BCUT2D eigenvalue weighted by Crippen LogP contribution is -2.43. The maximum Gasteiger partial charge on any atom is 0.314 e. The second kappa shape index (κ2) is 10.0. The molecule has 0 saturated heterocycles. The Hall–Kier alpha value is -3.03. The van der Waals surface area contributed by atoms with Crippen molar-refractivity contribution >= 4 is 5.97 Å². The number of hydrogen-bond acceptors (Lipinski definition) is 5. The van der Waals surface area contributed by atoms with Gasteiger partial charge in [0.1, 0.15) is 5.82 Å². The summed E-state index contributed by atoms with van der Waals surface area (Å²) in [5.74, 6) is -0.557. The molecular formula is C30H34FNO5. The Morgan fingerprint density at radius 2 is 2.05 bits per heavy atom. The van der Waals surface area contributed by atoms with E-state index < -0.39 is 17.0 Å². The summed E-state index contributed by atoms with van der Waals surface area (Å²) in [6.07, 6.45) is 8.73. The van der Waals surface area contributed by atoms with Gasteiger partial charge in [0.05, 0.1) is 30.3 Å². The average molecular weight is 508 g/mol. The largest absolute Gasteiger partial charge is 0.481 e. The topological polar surface area (TPSA) is 88.9 Å². The molecular weight excluding hydrogens is 473 g/mol. The third-order valence-electron chi connectivity index (χ3n) is 8.04. The second-order valence-corrected chi connectivity index (χ2v) is 10.6. The monoisotopic (exact) mass is 507 g/mol. The van der Waals surface area contributed by atoms with Crippen LogP contribution in [0.25, 0.3) is 11.1 Å². The number of carboxylic acids is 1. The van der Waals surface area contributed by atoms with Gasteiger partial charge in [0, 0.05) is 22.9 Å². The highest BCUT2D eigenvalue weighted by Crippen LogP contribution is 2.54. The van der Waals surface area contributed by atoms with Crippen molar-refractivity contribution in [2.24, 2.45) is 5.41 Å². The molecule has 1 heterocycles. The summed E-state index contributed by atoms with van der Waals surface area (Å²) in [5, 5.41) is 19.6. The second-order valence-electron chi connectivity index (χ2n) is 10.6. The SMILES string of the molecule is CC[C@]1(C(=O)O)CC2=CC(OCc3cc(-c4ccc(OCCCC5(O)CC5)nc4C)ccc3F)CC=C21. The Kier molecular flexibility index (Phi) is 6.94. The summed E-state index contributed by atoms with van der Waals surface area (Å²) < 4.78 is 26.4. The van der Waals surface area contributed by atoms with Crippen molar-refractivity contribution < 1.29 is 28.9 Å². The fraction of sp³-hybridized carbons (Fsp3) is 0.467. The lowest BCUT2D eigenvalue weighted by Gasteiger charge is -2.45. The predicted molar refractivity (Wildman–Crippen MR) is 138 cm³/mol. The zero-order valence-corrected chi connectivity index (χ0v) is 21.4. The Balaban J connectivity index is 1.20. The Morgan fingerprint density at radius 1 is 1.24 bits per heavy atom. The van der Waals surface area contributed by atoms with Gasteiger partial charge in [0.15, 0.2) is 0 Å². The van der Waals surface area contributed by atoms with Gasteiger partial charge in [-0.2, -0.15) is 0 Å². The molecule has 1 unspecified atom stereocenters. The minimum Gasteiger partial charge on any atom is -0.481 e. The summed E-state index contributed by atoms with van der Waals surface area (Å²) >= 11 is 0. The Bertz CT molecular complexity index is 1260. The van der Waals surface area contributed by atoms with Crippen molar-refractivity contribution in [3.8, 4) is 17.0 Å². The number of rotatable bonds is 11. The molecule has 3 aliphatic rings. The van der Waals surface area contributed by atoms with Crippen LogP contribution in [0.3, 0.4) is 0 Å². The third-order valence-corrected chi connectivity index (χ3v) is 8.04. The van der Waals surface area contributed by atoms with E-state index in [1.54, 1.807) is 12.1 Å². The first-order valence-corrected chi connectivity index (χ1v) is 13.1. The van der Waals surface area contributed by atoms with Crippen molar-refractivity contribution in [1.82, 2.24) is 4.98 Å². The number of fused-ring (bicyclic) bond motifs is 1. The molecule has 37 heavy (non-hydrogen) atoms. The zero-order valence-electron chi connectivity index (χ0n) is 21.4. The van der Waals surface area contributed by atoms with E-state index >= 15 is 0 Å². The Morgan fingerprint density at radius 3 is 2.73 bits per heavy atom. The van der Waals surface area contributed by atoms with Crippen LogP contribution in [-0.2, 0) is 16.1 Å². The quantitative estimate of drug-likeness (QED) is 0.368. The molecule has 196 valence electrons. The van der Waals surface area contributed by atoms with Crippen LogP contribution in [0.5, 0.6) is 5.88 Å². The standard InChI is InChI=1S/C30H34FNO5/c1-3-30(28(33)34)17-21-16-23(6-8-25(21)30)37-18-22-15-20(5-9-26(22)31)24-7-10-27(32-19(24)2)36-14-4-11-29(35)12-13-29/h5,7-10,15-16,23,35H,3-4,6,11-14,17-18H2,1-2H3,(H,33,34)/t23?,30-/m0/s1. The number of allylic oxidation sites excluding steroid dienone is 1. The summed E-state index contributed by atoms with van der Waals surface area (Å²) in [5.41, 5.74) is 3.71. The van der Waals surface area contributed by atoms with Crippen molar-refractivity contribution in [1.29, 1.82) is 0 Å². The molecule has 2 aromatic rings. The first-order chi connectivity index (χ1) is 17.7. The normalized spacial score (nSPS) is 23.4. The number of hydrogen-bond donors (Lipinski definition) is 2. The van der Waals surface area contributed by atoms with Gasteiger partial charge in [0.2, 0.25) is 5.88 Å². The number of aliphatic hydroxyl groups is 1. The Labute approximate surface area is 216 Å². The van der Waals surface area contributed by atoms with Gasteiger partial charge in [-0.05, 0) is 86.8 Å². The number of benzene rings is 1. The molecule has 0 aliphatic heterocycles. The van der Waals surface area contributed by atoms with Crippen molar-refractivity contribution in [2.45, 2.75) is 77.1 Å². The van der Waals surface area contributed by atoms with E-state index in [0.29, 0.717) is 37.3 Å². The summed E-state index contributed by atoms with van der Waals surface area (Å²) in [7, 11) is 0. The number of halogens is 1. The molecule has 0 amide bonds. The number of carbonyl (C=O) groups is 1. The summed E-state index contributed by atoms with van der Waals surface area (Å²) in [4.78, 5) is 16.3. The van der Waals surface area contributed by atoms with Gasteiger partial charge in [-0.1, -0.05) is 25.1 Å². The van der Waals surface area contributed by atoms with E-state index in [-0.39, 0.29) is 18.5 Å². The average Bonchev–Trinajstić information content (AvgIpc) is 3.60. The maximum absolute atomic E-state index is 14.6. The molecule has 2 atom stereocenters. The molecule has 2 N–H and O–H groups in total. The number of ether oxygens (including phenoxy) is 2. The molecule has 7 heteroatoms. The molecule has 5 rings (SSSR count). The summed E-state index contributed by atoms with van der Waals surface area (Å²) in [6.45, 7) is 4.44. The van der Waals surface area contributed by atoms with Crippen molar-refractivity contribution in [2.75, 3.05) is 6.61 Å². The minimum atomic E-state index is -0.769. The van der Waals surface area contributed by atoms with Gasteiger partial charge in [-0.25, -0.2) is 9.37 Å². The smallest absolute Gasteiger partial charge is 0.314 e. The molecule has 1 aromatic heterocycles. The van der Waals surface area contributed by atoms with E-state index in [4.69, 9.17) is 9.47 Å². The van der Waals surface area contributed by atoms with Crippen LogP contribution in [0.1, 0.15) is 63.1 Å². The lowest BCUT2D eigenvalue weighted by molar-refractivity contribution is -0.148. The number of aliphatic carboxylic acids is 1. The maximum atomic E-state index is 14.6. The molecule has 1 aromatic carbocycles. The lowest BCUT2D eigenvalue weighted by atomic mass is 9.58. The van der Waals surface area contributed by atoms with Gasteiger partial charge >= 0.3 is 5.97 Å². The van der Waals surface area contributed by atoms with Crippen molar-refractivity contribution in [3.05, 3.63) is 70.7 Å². The fourth-order valence-electron chi connectivity index (χ4n) is 5.44. The molecule has 2 saturated carbocycles. The van der Waals surface area contributed by atoms with E-state index in [9.17, 15) is 19.4 Å². The molecule has 0 spiro atoms. The number of aryl methyl sites for hydroxylation is 1. The van der Waals surface area contributed by atoms with E-state index in [1.807, 2.05) is 38.1 Å². The van der Waals surface area contributed by atoms with Gasteiger partial charge in [-0.15, -0.1) is 0 Å². The van der Waals surface area contributed by atoms with Crippen LogP contribution >= 0.6 is 0 Å². The summed E-state index contributed by atoms with van der Waals surface area (Å²) in [6, 6.07) is 8.73. The first-order valence-electron chi connectivity index (χ1n) is 13.1. The molecule has 2 fully saturated rings. The highest BCUT2D eigenvalue weighted by atomic mass is 19.1. The predicted octanol–water partition coefficient (Wildman–Crippen LogP) is 5.91. The molecule has 3 aliphatic carbocycles. The number of nitrogens with zero attached hydrogens (tertiary/aromatic N) is 1. The number of carboxylic acid groups (broad SMARTS) is 1. The van der Waals surface area contributed by atoms with Crippen LogP contribution in [0.2, 0.25) is 0 Å². The minimum absolute atomic E-state index is 0.120. The van der Waals surface area contributed by atoms with Crippen LogP contribution < -0.4 is 4.74 Å². The van der Waals surface area contributed by atoms with Crippen LogP contribution in [0.15, 0.2) is 53.6 Å². The zero-order chi connectivity index (χ0) is 26.2. The third kappa shape index (κ3) is 5.20. The van der Waals surface area contributed by atoms with Gasteiger partial charge in [0.25, 0.3) is 0 Å². The van der Waals surface area contributed by atoms with Crippen LogP contribution in [0.4, 0.5) is 4.39 Å². The molecule has 0 radical (unpaired) electrons. The molecule has 6 nitrogen and oxygen atoms in total. The highest BCUT2D eigenvalue weighted by molar-refractivity contribution is 5.85. The van der Waals surface area contributed by atoms with Crippen LogP contribution in [-0.4, -0.2) is 39.5 Å². The fourth-order valence-corrected chi connectivity index (χ4v) is 5.44.